The molecule has 2 N–H and O–H groups in total. The van der Waals surface area contributed by atoms with Crippen molar-refractivity contribution >= 4 is 30.9 Å². The maximum atomic E-state index is 5.76. The Balaban J connectivity index is 0.00000112. The number of nitrogens with two attached hydrogens (primary N) is 1. The van der Waals surface area contributed by atoms with Gasteiger partial charge in [0.1, 0.15) is 5.82 Å². The van der Waals surface area contributed by atoms with Gasteiger partial charge < -0.3 is 10.6 Å². The van der Waals surface area contributed by atoms with E-state index in [-0.39, 0.29) is 13.5 Å². The minimum Gasteiger partial charge on any atom is -0.384 e. The van der Waals surface area contributed by atoms with Crippen LogP contribution in [-0.2, 0) is 6.54 Å². The molecule has 0 aliphatic carbocycles. The third-order valence-electron chi connectivity index (χ3n) is 2.70. The molecule has 0 aromatic carbocycles. The Morgan fingerprint density at radius 3 is 2.87 bits per heavy atom. The van der Waals surface area contributed by atoms with Crippen molar-refractivity contribution in [2.75, 3.05) is 25.9 Å². The second-order valence-electron chi connectivity index (χ2n) is 3.99. The smallest absolute Gasteiger partial charge is 0.153 e. The van der Waals surface area contributed by atoms with E-state index in [2.05, 4.69) is 17.0 Å². The fourth-order valence-electron chi connectivity index (χ4n) is 1.96. The van der Waals surface area contributed by atoms with Crippen LogP contribution < -0.4 is 5.73 Å². The number of nitrogen functional groups attached to an aromatic ring is 1. The van der Waals surface area contributed by atoms with E-state index in [1.807, 2.05) is 0 Å². The first kappa shape index (κ1) is 12.7. The topological polar surface area (TPSA) is 47.1 Å². The van der Waals surface area contributed by atoms with Crippen LogP contribution in [0.15, 0.2) is 6.07 Å². The zero-order valence-corrected chi connectivity index (χ0v) is 10.5. The molecule has 1 aromatic heterocycles. The molecule has 0 unspecified atom stereocenters. The van der Waals surface area contributed by atoms with Crippen molar-refractivity contribution in [2.24, 2.45) is 5.92 Å². The van der Waals surface area contributed by atoms with Gasteiger partial charge in [0.05, 0.1) is 0 Å². The minimum atomic E-state index is 0. The van der Waals surface area contributed by atoms with Gasteiger partial charge in [0.2, 0.25) is 0 Å². The Morgan fingerprint density at radius 1 is 1.67 bits per heavy atom. The molecule has 2 heterocycles. The van der Waals surface area contributed by atoms with E-state index >= 15 is 0 Å². The van der Waals surface area contributed by atoms with E-state index in [0.717, 1.165) is 13.1 Å². The highest BCUT2D eigenvalue weighted by Gasteiger charge is 2.20. The molecule has 1 aromatic rings. The van der Waals surface area contributed by atoms with Gasteiger partial charge in [0, 0.05) is 19.2 Å². The molecule has 0 radical (unpaired) electrons. The second kappa shape index (κ2) is 5.09. The molecule has 0 spiro atoms. The summed E-state index contributed by atoms with van der Waals surface area (Å²) >= 11 is 5.76. The second-order valence-corrected chi connectivity index (χ2v) is 4.38. The normalized spacial score (nSPS) is 21.6. The van der Waals surface area contributed by atoms with Crippen LogP contribution in [0.5, 0.6) is 0 Å². The molecule has 2 rings (SSSR count). The highest BCUT2D eigenvalue weighted by atomic mass is 35.5. The maximum absolute atomic E-state index is 5.76. The van der Waals surface area contributed by atoms with Crippen molar-refractivity contribution in [1.82, 2.24) is 14.7 Å². The van der Waals surface area contributed by atoms with Crippen molar-refractivity contribution < 1.29 is 0 Å². The zero-order chi connectivity index (χ0) is 10.1. The summed E-state index contributed by atoms with van der Waals surface area (Å²) in [5.41, 5.74) is 5.76. The van der Waals surface area contributed by atoms with Crippen LogP contribution in [0, 0.1) is 5.92 Å². The molecule has 0 bridgehead atoms. The number of nitrogens with zero attached hydrogens (tertiary/aromatic N) is 3. The summed E-state index contributed by atoms with van der Waals surface area (Å²) in [6.45, 7) is 3.17. The van der Waals surface area contributed by atoms with Crippen molar-refractivity contribution in [3.63, 3.8) is 0 Å². The van der Waals surface area contributed by atoms with E-state index in [4.69, 9.17) is 17.3 Å². The number of anilines is 1. The summed E-state index contributed by atoms with van der Waals surface area (Å²) < 4.78 is 1.80. The number of hydrogen-bond acceptors (Lipinski definition) is 3. The molecule has 1 aliphatic rings. The van der Waals surface area contributed by atoms with E-state index < -0.39 is 0 Å². The van der Waals surface area contributed by atoms with E-state index in [1.54, 1.807) is 10.7 Å². The average molecular weight is 249 g/mol. The van der Waals surface area contributed by atoms with Crippen LogP contribution in [0.1, 0.15) is 6.42 Å². The molecule has 1 atom stereocenters. The fraction of sp³-hybridized carbons (Fsp3) is 0.667. The van der Waals surface area contributed by atoms with Crippen LogP contribution in [-0.4, -0.2) is 34.8 Å². The molecule has 4 nitrogen and oxygen atoms in total. The molecule has 6 heteroatoms. The Labute approximate surface area is 102 Å². The van der Waals surface area contributed by atoms with Crippen molar-refractivity contribution in [3.05, 3.63) is 11.2 Å². The van der Waals surface area contributed by atoms with Crippen LogP contribution in [0.4, 0.5) is 5.82 Å². The summed E-state index contributed by atoms with van der Waals surface area (Å²) in [7, 11) is 2.14. The molecule has 1 saturated heterocycles. The van der Waals surface area contributed by atoms with Gasteiger partial charge in [-0.25, -0.2) is 4.68 Å². The molecular formula is C9H17ClN4S. The van der Waals surface area contributed by atoms with Gasteiger partial charge in [-0.15, -0.1) is 0 Å². The summed E-state index contributed by atoms with van der Waals surface area (Å²) in [4.78, 5) is 2.33. The standard InChI is InChI=1S/C9H15ClN4.H2S/c1-13-3-2-7(5-13)6-14-9(11)4-8(10)12-14;/h4,7H,2-3,5-6,11H2,1H3;1H2/t7-;/m0./s1. The first-order valence-corrected chi connectivity index (χ1v) is 5.20. The first-order valence-electron chi connectivity index (χ1n) is 4.82. The lowest BCUT2D eigenvalue weighted by Crippen LogP contribution is -2.18. The molecular weight excluding hydrogens is 232 g/mol. The third-order valence-corrected chi connectivity index (χ3v) is 2.89. The van der Waals surface area contributed by atoms with Gasteiger partial charge in [-0.05, 0) is 25.9 Å². The van der Waals surface area contributed by atoms with Gasteiger partial charge in [-0.2, -0.15) is 18.6 Å². The van der Waals surface area contributed by atoms with Gasteiger partial charge in [0.25, 0.3) is 0 Å². The zero-order valence-electron chi connectivity index (χ0n) is 8.78. The summed E-state index contributed by atoms with van der Waals surface area (Å²) in [6.07, 6.45) is 1.22. The molecule has 0 amide bonds. The predicted octanol–water partition coefficient (Wildman–Crippen LogP) is 1.18. The lowest BCUT2D eigenvalue weighted by atomic mass is 10.1. The minimum absolute atomic E-state index is 0. The summed E-state index contributed by atoms with van der Waals surface area (Å²) in [5, 5.41) is 4.62. The largest absolute Gasteiger partial charge is 0.384 e. The van der Waals surface area contributed by atoms with Gasteiger partial charge >= 0.3 is 0 Å². The molecule has 1 aliphatic heterocycles. The maximum Gasteiger partial charge on any atom is 0.153 e. The Kier molecular flexibility index (Phi) is 4.31. The number of rotatable bonds is 2. The average Bonchev–Trinajstić information content (AvgIpc) is 2.61. The van der Waals surface area contributed by atoms with Gasteiger partial charge in [-0.3, -0.25) is 0 Å². The van der Waals surface area contributed by atoms with Crippen LogP contribution in [0.3, 0.4) is 0 Å². The van der Waals surface area contributed by atoms with Crippen molar-refractivity contribution in [3.8, 4) is 0 Å². The lowest BCUT2D eigenvalue weighted by Gasteiger charge is -2.11. The number of likely N-dealkylation sites (tertiary alicyclic amines) is 1. The number of hydrogen-bond donors (Lipinski definition) is 1. The van der Waals surface area contributed by atoms with Gasteiger partial charge in [0.15, 0.2) is 5.15 Å². The van der Waals surface area contributed by atoms with Crippen LogP contribution >= 0.6 is 25.1 Å². The number of halogens is 1. The Hall–Kier alpha value is -0.390. The molecule has 86 valence electrons. The molecule has 1 fully saturated rings. The number of aromatic nitrogens is 2. The predicted molar refractivity (Wildman–Crippen MR) is 67.6 cm³/mol. The highest BCUT2D eigenvalue weighted by Crippen LogP contribution is 2.19. The SMILES string of the molecule is CN1CC[C@H](Cn2nc(Cl)cc2N)C1.S. The lowest BCUT2D eigenvalue weighted by molar-refractivity contribution is 0.371. The fourth-order valence-corrected chi connectivity index (χ4v) is 2.17. The Morgan fingerprint density at radius 2 is 2.40 bits per heavy atom. The molecule has 0 saturated carbocycles. The summed E-state index contributed by atoms with van der Waals surface area (Å²) in [6, 6.07) is 1.69. The van der Waals surface area contributed by atoms with E-state index in [1.165, 1.54) is 13.0 Å². The first-order chi connectivity index (χ1) is 6.65. The van der Waals surface area contributed by atoms with E-state index in [0.29, 0.717) is 16.9 Å². The van der Waals surface area contributed by atoms with Crippen LogP contribution in [0.25, 0.3) is 0 Å². The van der Waals surface area contributed by atoms with Crippen molar-refractivity contribution in [1.29, 1.82) is 0 Å². The quantitative estimate of drug-likeness (QED) is 0.855. The van der Waals surface area contributed by atoms with E-state index in [9.17, 15) is 0 Å². The Bertz CT molecular complexity index is 328. The van der Waals surface area contributed by atoms with Crippen LogP contribution in [0.2, 0.25) is 5.15 Å². The monoisotopic (exact) mass is 248 g/mol. The van der Waals surface area contributed by atoms with Gasteiger partial charge in [-0.1, -0.05) is 11.6 Å². The summed E-state index contributed by atoms with van der Waals surface area (Å²) in [5.74, 6) is 1.31. The van der Waals surface area contributed by atoms with Crippen molar-refractivity contribution in [2.45, 2.75) is 13.0 Å². The highest BCUT2D eigenvalue weighted by molar-refractivity contribution is 7.59. The molecule has 15 heavy (non-hydrogen) atoms. The third kappa shape index (κ3) is 3.03.